The summed E-state index contributed by atoms with van der Waals surface area (Å²) in [4.78, 5) is 16.4. The molecule has 0 spiro atoms. The summed E-state index contributed by atoms with van der Waals surface area (Å²) in [5.41, 5.74) is 3.78. The molecule has 0 radical (unpaired) electrons. The Labute approximate surface area is 145 Å². The molecule has 0 aliphatic carbocycles. The first kappa shape index (κ1) is 16.8. The number of carbonyl (C=O) groups is 1. The van der Waals surface area contributed by atoms with Crippen molar-refractivity contribution in [2.45, 2.75) is 26.4 Å². The topological polar surface area (TPSA) is 103 Å². The largest absolute Gasteiger partial charge is 0.509 e. The van der Waals surface area contributed by atoms with Crippen LogP contribution in [-0.4, -0.2) is 43.7 Å². The molecule has 0 fully saturated rings. The molecule has 0 unspecified atom stereocenters. The van der Waals surface area contributed by atoms with Gasteiger partial charge in [-0.25, -0.2) is 15.2 Å². The number of aliphatic hydroxyl groups is 1. The third kappa shape index (κ3) is 3.15. The lowest BCUT2D eigenvalue weighted by molar-refractivity contribution is 0.0422. The standard InChI is InChI=1S/C17H21N5O3/c1-17(2,3)25-16(24)20-22-9-12(23)13(14(22)18)15-19-10-7-5-6-8-11(10)21(15)4/h5-8,18,23H,9H2,1-4H3,(H,20,24). The minimum absolute atomic E-state index is 0.0172. The van der Waals surface area contributed by atoms with Crippen LogP contribution < -0.4 is 5.43 Å². The van der Waals surface area contributed by atoms with Crippen LogP contribution in [0.2, 0.25) is 0 Å². The van der Waals surface area contributed by atoms with E-state index in [1.165, 1.54) is 5.01 Å². The molecule has 3 rings (SSSR count). The molecule has 0 saturated heterocycles. The van der Waals surface area contributed by atoms with Crippen LogP contribution in [0.15, 0.2) is 30.0 Å². The molecule has 1 aromatic carbocycles. The molecule has 1 amide bonds. The maximum atomic E-state index is 11.9. The van der Waals surface area contributed by atoms with Gasteiger partial charge in [0.2, 0.25) is 0 Å². The van der Waals surface area contributed by atoms with Gasteiger partial charge in [0.05, 0.1) is 17.6 Å². The second-order valence-electron chi connectivity index (χ2n) is 6.85. The zero-order chi connectivity index (χ0) is 18.4. The van der Waals surface area contributed by atoms with E-state index in [1.807, 2.05) is 35.9 Å². The van der Waals surface area contributed by atoms with E-state index in [0.717, 1.165) is 11.0 Å². The lowest BCUT2D eigenvalue weighted by Gasteiger charge is -2.24. The monoisotopic (exact) mass is 343 g/mol. The van der Waals surface area contributed by atoms with Gasteiger partial charge in [0.15, 0.2) is 5.84 Å². The van der Waals surface area contributed by atoms with Gasteiger partial charge in [0, 0.05) is 7.05 Å². The van der Waals surface area contributed by atoms with Crippen LogP contribution in [0.5, 0.6) is 0 Å². The van der Waals surface area contributed by atoms with Crippen LogP contribution in [-0.2, 0) is 11.8 Å². The highest BCUT2D eigenvalue weighted by atomic mass is 16.6. The third-order valence-electron chi connectivity index (χ3n) is 3.74. The second-order valence-corrected chi connectivity index (χ2v) is 6.85. The van der Waals surface area contributed by atoms with Crippen LogP contribution in [0.3, 0.4) is 0 Å². The Balaban J connectivity index is 1.86. The molecule has 1 aromatic heterocycles. The molecular formula is C17H21N5O3. The van der Waals surface area contributed by atoms with Gasteiger partial charge >= 0.3 is 6.09 Å². The summed E-state index contributed by atoms with van der Waals surface area (Å²) in [5, 5.41) is 19.9. The fraction of sp³-hybridized carbons (Fsp3) is 0.353. The number of nitrogens with one attached hydrogen (secondary N) is 2. The summed E-state index contributed by atoms with van der Waals surface area (Å²) in [5.74, 6) is 0.401. The highest BCUT2D eigenvalue weighted by Crippen LogP contribution is 2.28. The average molecular weight is 343 g/mol. The lowest BCUT2D eigenvalue weighted by atomic mass is 10.2. The second kappa shape index (κ2) is 5.80. The lowest BCUT2D eigenvalue weighted by Crippen LogP contribution is -2.46. The molecule has 0 atom stereocenters. The summed E-state index contributed by atoms with van der Waals surface area (Å²) in [7, 11) is 1.82. The molecule has 2 heterocycles. The molecule has 132 valence electrons. The molecule has 8 heteroatoms. The predicted octanol–water partition coefficient (Wildman–Crippen LogP) is 2.57. The summed E-state index contributed by atoms with van der Waals surface area (Å²) in [6, 6.07) is 7.56. The summed E-state index contributed by atoms with van der Waals surface area (Å²) < 4.78 is 7.00. The van der Waals surface area contributed by atoms with Gasteiger partial charge in [-0.1, -0.05) is 12.1 Å². The molecule has 1 aliphatic rings. The van der Waals surface area contributed by atoms with Crippen molar-refractivity contribution in [3.63, 3.8) is 0 Å². The minimum atomic E-state index is -0.684. The number of hydrazine groups is 1. The fourth-order valence-corrected chi connectivity index (χ4v) is 2.69. The summed E-state index contributed by atoms with van der Waals surface area (Å²) in [6.45, 7) is 5.24. The molecule has 0 saturated carbocycles. The van der Waals surface area contributed by atoms with E-state index >= 15 is 0 Å². The first-order chi connectivity index (χ1) is 11.7. The third-order valence-corrected chi connectivity index (χ3v) is 3.74. The van der Waals surface area contributed by atoms with Gasteiger partial charge in [-0.15, -0.1) is 0 Å². The van der Waals surface area contributed by atoms with Crippen molar-refractivity contribution in [1.29, 1.82) is 5.41 Å². The number of carbonyl (C=O) groups excluding carboxylic acids is 1. The van der Waals surface area contributed by atoms with Crippen molar-refractivity contribution in [3.05, 3.63) is 35.8 Å². The Morgan fingerprint density at radius 1 is 1.36 bits per heavy atom. The quantitative estimate of drug-likeness (QED) is 0.777. The molecule has 2 aromatic rings. The van der Waals surface area contributed by atoms with E-state index in [0.29, 0.717) is 5.82 Å². The number of imidazole rings is 1. The zero-order valence-corrected chi connectivity index (χ0v) is 14.6. The van der Waals surface area contributed by atoms with E-state index in [9.17, 15) is 9.90 Å². The van der Waals surface area contributed by atoms with Gasteiger partial charge in [-0.3, -0.25) is 10.4 Å². The van der Waals surface area contributed by atoms with E-state index in [-0.39, 0.29) is 23.7 Å². The number of fused-ring (bicyclic) bond motifs is 1. The number of hydrogen-bond acceptors (Lipinski definition) is 5. The van der Waals surface area contributed by atoms with Crippen LogP contribution in [0.25, 0.3) is 16.6 Å². The number of aromatic nitrogens is 2. The Bertz CT molecular complexity index is 891. The number of amidine groups is 1. The van der Waals surface area contributed by atoms with E-state index in [1.54, 1.807) is 20.8 Å². The maximum Gasteiger partial charge on any atom is 0.426 e. The van der Waals surface area contributed by atoms with E-state index in [2.05, 4.69) is 10.4 Å². The summed E-state index contributed by atoms with van der Waals surface area (Å²) in [6.07, 6.45) is -0.684. The number of amides is 1. The fourth-order valence-electron chi connectivity index (χ4n) is 2.69. The summed E-state index contributed by atoms with van der Waals surface area (Å²) >= 11 is 0. The first-order valence-electron chi connectivity index (χ1n) is 7.87. The van der Waals surface area contributed by atoms with E-state index in [4.69, 9.17) is 10.1 Å². The van der Waals surface area contributed by atoms with Crippen LogP contribution in [0.4, 0.5) is 4.79 Å². The number of rotatable bonds is 2. The molecule has 3 N–H and O–H groups in total. The zero-order valence-electron chi connectivity index (χ0n) is 14.6. The molecular weight excluding hydrogens is 322 g/mol. The minimum Gasteiger partial charge on any atom is -0.509 e. The van der Waals surface area contributed by atoms with Gasteiger partial charge in [-0.2, -0.15) is 0 Å². The number of aliphatic hydroxyl groups excluding tert-OH is 1. The normalized spacial score (nSPS) is 15.2. The van der Waals surface area contributed by atoms with Crippen molar-refractivity contribution in [1.82, 2.24) is 20.0 Å². The maximum absolute atomic E-state index is 11.9. The number of nitrogens with zero attached hydrogens (tertiary/aromatic N) is 3. The number of ether oxygens (including phenoxy) is 1. The average Bonchev–Trinajstić information content (AvgIpc) is 2.95. The van der Waals surface area contributed by atoms with E-state index < -0.39 is 11.7 Å². The van der Waals surface area contributed by atoms with Crippen molar-refractivity contribution < 1.29 is 14.6 Å². The highest BCUT2D eigenvalue weighted by molar-refractivity contribution is 6.23. The van der Waals surface area contributed by atoms with Crippen LogP contribution in [0, 0.1) is 5.41 Å². The first-order valence-corrected chi connectivity index (χ1v) is 7.87. The number of benzene rings is 1. The molecule has 25 heavy (non-hydrogen) atoms. The van der Waals surface area contributed by atoms with Crippen molar-refractivity contribution in [2.75, 3.05) is 6.54 Å². The Morgan fingerprint density at radius 3 is 2.68 bits per heavy atom. The van der Waals surface area contributed by atoms with Gasteiger partial charge in [0.1, 0.15) is 22.8 Å². The van der Waals surface area contributed by atoms with Crippen molar-refractivity contribution >= 4 is 28.5 Å². The number of hydrogen-bond donors (Lipinski definition) is 3. The Hall–Kier alpha value is -3.03. The molecule has 0 bridgehead atoms. The Kier molecular flexibility index (Phi) is 3.90. The van der Waals surface area contributed by atoms with Crippen molar-refractivity contribution in [2.24, 2.45) is 7.05 Å². The van der Waals surface area contributed by atoms with Crippen LogP contribution in [0.1, 0.15) is 26.6 Å². The van der Waals surface area contributed by atoms with Crippen molar-refractivity contribution in [3.8, 4) is 0 Å². The number of aryl methyl sites for hydroxylation is 1. The smallest absolute Gasteiger partial charge is 0.426 e. The SMILES string of the molecule is Cn1c(C2=C(O)CN(NC(=O)OC(C)(C)C)C2=N)nc2ccccc21. The van der Waals surface area contributed by atoms with Gasteiger partial charge < -0.3 is 14.4 Å². The van der Waals surface area contributed by atoms with Gasteiger partial charge in [0.25, 0.3) is 0 Å². The highest BCUT2D eigenvalue weighted by Gasteiger charge is 2.33. The van der Waals surface area contributed by atoms with Gasteiger partial charge in [-0.05, 0) is 32.9 Å². The van der Waals surface area contributed by atoms with Crippen LogP contribution >= 0.6 is 0 Å². The molecule has 1 aliphatic heterocycles. The molecule has 8 nitrogen and oxygen atoms in total. The Morgan fingerprint density at radius 2 is 2.04 bits per heavy atom. The predicted molar refractivity (Wildman–Crippen MR) is 94.1 cm³/mol. The number of para-hydroxylation sites is 2.